The fourth-order valence-corrected chi connectivity index (χ4v) is 2.80. The molecule has 0 unspecified atom stereocenters. The van der Waals surface area contributed by atoms with Gasteiger partial charge in [0.2, 0.25) is 0 Å². The predicted octanol–water partition coefficient (Wildman–Crippen LogP) is 1.80. The van der Waals surface area contributed by atoms with Crippen molar-refractivity contribution in [3.05, 3.63) is 29.6 Å². The molecular formula is C13H17FN4O2S. The lowest BCUT2D eigenvalue weighted by Gasteiger charge is -2.24. The largest absolute Gasteiger partial charge is 0.291 e. The molecule has 0 spiro atoms. The standard InChI is InChI=1S/C13H17FN4O2S/c1-8-5-6-9(10(14)7-8)11-16-17-12(21(15,19)20)18(11)13(2,3)4/h5-7H,1-4H3,(H2,15,19,20). The van der Waals surface area contributed by atoms with Crippen LogP contribution in [0, 0.1) is 12.7 Å². The van der Waals surface area contributed by atoms with Crippen LogP contribution in [0.15, 0.2) is 23.4 Å². The summed E-state index contributed by atoms with van der Waals surface area (Å²) in [5, 5.41) is 12.2. The van der Waals surface area contributed by atoms with Gasteiger partial charge < -0.3 is 0 Å². The molecule has 1 heterocycles. The summed E-state index contributed by atoms with van der Waals surface area (Å²) in [4.78, 5) is 0. The lowest BCUT2D eigenvalue weighted by molar-refractivity contribution is 0.365. The maximum Gasteiger partial charge on any atom is 0.273 e. The number of nitrogens with two attached hydrogens (primary N) is 1. The number of halogens is 1. The second-order valence-electron chi connectivity index (χ2n) is 5.84. The molecule has 0 aliphatic carbocycles. The normalized spacial score (nSPS) is 12.7. The molecule has 0 bridgehead atoms. The van der Waals surface area contributed by atoms with Crippen LogP contribution in [0.1, 0.15) is 26.3 Å². The first kappa shape index (κ1) is 15.6. The highest BCUT2D eigenvalue weighted by molar-refractivity contribution is 7.89. The molecule has 0 saturated heterocycles. The van der Waals surface area contributed by atoms with Crippen molar-refractivity contribution in [3.8, 4) is 11.4 Å². The molecule has 1 aromatic heterocycles. The number of hydrogen-bond acceptors (Lipinski definition) is 4. The number of rotatable bonds is 2. The molecule has 8 heteroatoms. The third-order valence-corrected chi connectivity index (χ3v) is 3.70. The number of benzene rings is 1. The summed E-state index contributed by atoms with van der Waals surface area (Å²) >= 11 is 0. The molecule has 0 fully saturated rings. The summed E-state index contributed by atoms with van der Waals surface area (Å²) in [6.45, 7) is 7.05. The molecule has 21 heavy (non-hydrogen) atoms. The van der Waals surface area contributed by atoms with E-state index < -0.39 is 21.4 Å². The molecule has 2 rings (SSSR count). The summed E-state index contributed by atoms with van der Waals surface area (Å²) in [5.74, 6) is -0.363. The van der Waals surface area contributed by atoms with Crippen LogP contribution in [0.25, 0.3) is 11.4 Å². The topological polar surface area (TPSA) is 90.9 Å². The third-order valence-electron chi connectivity index (χ3n) is 2.92. The highest BCUT2D eigenvalue weighted by Crippen LogP contribution is 2.29. The van der Waals surface area contributed by atoms with Crippen molar-refractivity contribution < 1.29 is 12.8 Å². The van der Waals surface area contributed by atoms with Crippen molar-refractivity contribution in [2.45, 2.75) is 38.4 Å². The molecule has 2 aromatic rings. The molecule has 0 atom stereocenters. The van der Waals surface area contributed by atoms with Crippen LogP contribution < -0.4 is 5.14 Å². The quantitative estimate of drug-likeness (QED) is 0.915. The lowest BCUT2D eigenvalue weighted by Crippen LogP contribution is -2.29. The van der Waals surface area contributed by atoms with Crippen molar-refractivity contribution in [3.63, 3.8) is 0 Å². The first-order valence-electron chi connectivity index (χ1n) is 6.27. The van der Waals surface area contributed by atoms with Crippen molar-refractivity contribution >= 4 is 10.0 Å². The van der Waals surface area contributed by atoms with Crippen LogP contribution in [-0.4, -0.2) is 23.2 Å². The molecule has 0 saturated carbocycles. The molecule has 0 aliphatic heterocycles. The van der Waals surface area contributed by atoms with Gasteiger partial charge in [0.25, 0.3) is 15.2 Å². The Hall–Kier alpha value is -1.80. The SMILES string of the molecule is Cc1ccc(-c2nnc(S(N)(=O)=O)n2C(C)(C)C)c(F)c1. The van der Waals surface area contributed by atoms with E-state index in [1.54, 1.807) is 39.8 Å². The van der Waals surface area contributed by atoms with Crippen molar-refractivity contribution in [2.24, 2.45) is 5.14 Å². The minimum Gasteiger partial charge on any atom is -0.291 e. The van der Waals surface area contributed by atoms with E-state index in [1.807, 2.05) is 0 Å². The molecule has 0 radical (unpaired) electrons. The van der Waals surface area contributed by atoms with Gasteiger partial charge in [-0.1, -0.05) is 6.07 Å². The zero-order valence-electron chi connectivity index (χ0n) is 12.3. The van der Waals surface area contributed by atoms with Crippen molar-refractivity contribution in [1.29, 1.82) is 0 Å². The van der Waals surface area contributed by atoms with Crippen LogP contribution in [0.5, 0.6) is 0 Å². The van der Waals surface area contributed by atoms with E-state index in [4.69, 9.17) is 5.14 Å². The smallest absolute Gasteiger partial charge is 0.273 e. The first-order chi connectivity index (χ1) is 9.51. The van der Waals surface area contributed by atoms with Gasteiger partial charge in [0.15, 0.2) is 5.82 Å². The van der Waals surface area contributed by atoms with Gasteiger partial charge >= 0.3 is 0 Å². The van der Waals surface area contributed by atoms with E-state index in [0.29, 0.717) is 0 Å². The van der Waals surface area contributed by atoms with E-state index in [2.05, 4.69) is 10.2 Å². The van der Waals surface area contributed by atoms with Crippen molar-refractivity contribution in [2.75, 3.05) is 0 Å². The molecular weight excluding hydrogens is 295 g/mol. The molecule has 114 valence electrons. The van der Waals surface area contributed by atoms with Gasteiger partial charge in [-0.2, -0.15) is 0 Å². The molecule has 6 nitrogen and oxygen atoms in total. The Kier molecular flexibility index (Phi) is 3.63. The van der Waals surface area contributed by atoms with Gasteiger partial charge in [-0.15, -0.1) is 10.2 Å². The summed E-state index contributed by atoms with van der Waals surface area (Å²) in [7, 11) is -4.06. The van der Waals surface area contributed by atoms with Crippen LogP contribution >= 0.6 is 0 Å². The third kappa shape index (κ3) is 2.96. The number of primary sulfonamides is 1. The number of hydrogen-bond donors (Lipinski definition) is 1. The average molecular weight is 312 g/mol. The van der Waals surface area contributed by atoms with Gasteiger partial charge in [0.1, 0.15) is 5.82 Å². The predicted molar refractivity (Wildman–Crippen MR) is 76.5 cm³/mol. The Balaban J connectivity index is 2.80. The summed E-state index contributed by atoms with van der Waals surface area (Å²) in [5.41, 5.74) is 0.250. The summed E-state index contributed by atoms with van der Waals surface area (Å²) < 4.78 is 38.8. The Bertz CT molecular complexity index is 791. The molecule has 1 aromatic carbocycles. The number of aryl methyl sites for hydroxylation is 1. The number of nitrogens with zero attached hydrogens (tertiary/aromatic N) is 3. The Labute approximate surface area is 122 Å². The second kappa shape index (κ2) is 4.88. The highest BCUT2D eigenvalue weighted by atomic mass is 32.2. The van der Waals surface area contributed by atoms with Crippen LogP contribution in [0.2, 0.25) is 0 Å². The number of sulfonamides is 1. The van der Waals surface area contributed by atoms with E-state index >= 15 is 0 Å². The minimum atomic E-state index is -4.06. The number of aromatic nitrogens is 3. The average Bonchev–Trinajstić information content (AvgIpc) is 2.72. The monoisotopic (exact) mass is 312 g/mol. The minimum absolute atomic E-state index is 0.129. The fourth-order valence-electron chi connectivity index (χ4n) is 2.03. The zero-order valence-corrected chi connectivity index (χ0v) is 13.1. The van der Waals surface area contributed by atoms with Gasteiger partial charge in [-0.3, -0.25) is 4.57 Å². The van der Waals surface area contributed by atoms with Gasteiger partial charge in [0, 0.05) is 5.54 Å². The zero-order chi connectivity index (χ0) is 16.0. The van der Waals surface area contributed by atoms with E-state index in [-0.39, 0.29) is 16.5 Å². The van der Waals surface area contributed by atoms with Gasteiger partial charge in [-0.25, -0.2) is 17.9 Å². The summed E-state index contributed by atoms with van der Waals surface area (Å²) in [6.07, 6.45) is 0. The lowest BCUT2D eigenvalue weighted by atomic mass is 10.1. The second-order valence-corrected chi connectivity index (χ2v) is 7.30. The first-order valence-corrected chi connectivity index (χ1v) is 7.81. The molecule has 0 amide bonds. The maximum absolute atomic E-state index is 14.1. The molecule has 0 aliphatic rings. The van der Waals surface area contributed by atoms with Gasteiger partial charge in [-0.05, 0) is 45.4 Å². The van der Waals surface area contributed by atoms with E-state index in [1.165, 1.54) is 10.6 Å². The summed E-state index contributed by atoms with van der Waals surface area (Å²) in [6, 6.07) is 4.62. The van der Waals surface area contributed by atoms with Crippen LogP contribution in [0.3, 0.4) is 0 Å². The van der Waals surface area contributed by atoms with Crippen LogP contribution in [0.4, 0.5) is 4.39 Å². The van der Waals surface area contributed by atoms with Crippen LogP contribution in [-0.2, 0) is 15.6 Å². The fraction of sp³-hybridized carbons (Fsp3) is 0.385. The Morgan fingerprint density at radius 1 is 1.24 bits per heavy atom. The maximum atomic E-state index is 14.1. The van der Waals surface area contributed by atoms with E-state index in [0.717, 1.165) is 5.56 Å². The molecule has 2 N–H and O–H groups in total. The van der Waals surface area contributed by atoms with Gasteiger partial charge in [0.05, 0.1) is 5.56 Å². The Morgan fingerprint density at radius 3 is 2.33 bits per heavy atom. The van der Waals surface area contributed by atoms with Crippen molar-refractivity contribution in [1.82, 2.24) is 14.8 Å². The van der Waals surface area contributed by atoms with E-state index in [9.17, 15) is 12.8 Å². The Morgan fingerprint density at radius 2 is 1.86 bits per heavy atom. The highest BCUT2D eigenvalue weighted by Gasteiger charge is 2.30.